The number of urea groups is 1. The van der Waals surface area contributed by atoms with Gasteiger partial charge in [0, 0.05) is 38.5 Å². The Bertz CT molecular complexity index is 520. The molecule has 8 heteroatoms. The molecule has 0 unspecified atom stereocenters. The lowest BCUT2D eigenvalue weighted by atomic mass is 10.2. The summed E-state index contributed by atoms with van der Waals surface area (Å²) in [4.78, 5) is 15.8. The number of anilines is 1. The van der Waals surface area contributed by atoms with Gasteiger partial charge in [-0.2, -0.15) is 0 Å². The molecule has 0 saturated heterocycles. The number of nitrogens with one attached hydrogen (secondary N) is 4. The average Bonchev–Trinajstić information content (AvgIpc) is 2.55. The summed E-state index contributed by atoms with van der Waals surface area (Å²) in [6.45, 7) is 8.53. The highest BCUT2D eigenvalue weighted by Crippen LogP contribution is 2.09. The summed E-state index contributed by atoms with van der Waals surface area (Å²) in [6, 6.07) is 7.59. The first-order chi connectivity index (χ1) is 11.5. The second-order valence-corrected chi connectivity index (χ2v) is 5.50. The van der Waals surface area contributed by atoms with Crippen molar-refractivity contribution in [1.29, 1.82) is 0 Å². The summed E-state index contributed by atoms with van der Waals surface area (Å²) in [5.74, 6) is 0.730. The van der Waals surface area contributed by atoms with E-state index in [2.05, 4.69) is 26.3 Å². The highest BCUT2D eigenvalue weighted by Gasteiger charge is 2.03. The third-order valence-electron chi connectivity index (χ3n) is 3.06. The Kier molecular flexibility index (Phi) is 12.9. The first-order valence-electron chi connectivity index (χ1n) is 8.23. The van der Waals surface area contributed by atoms with Gasteiger partial charge in [0.05, 0.1) is 6.61 Å². The minimum absolute atomic E-state index is 0. The van der Waals surface area contributed by atoms with Crippen LogP contribution in [0.15, 0.2) is 29.3 Å². The number of amides is 2. The van der Waals surface area contributed by atoms with Crippen molar-refractivity contribution in [3.05, 3.63) is 29.8 Å². The molecule has 0 aliphatic carbocycles. The maximum atomic E-state index is 11.6. The molecule has 1 rings (SSSR count). The summed E-state index contributed by atoms with van der Waals surface area (Å²) in [5, 5.41) is 12.0. The van der Waals surface area contributed by atoms with Crippen LogP contribution < -0.4 is 21.3 Å². The Labute approximate surface area is 167 Å². The molecule has 0 aromatic heterocycles. The van der Waals surface area contributed by atoms with Crippen molar-refractivity contribution >= 4 is 41.7 Å². The molecule has 0 bridgehead atoms. The summed E-state index contributed by atoms with van der Waals surface area (Å²) in [7, 11) is 1.73. The van der Waals surface area contributed by atoms with Gasteiger partial charge in [0.15, 0.2) is 5.96 Å². The van der Waals surface area contributed by atoms with E-state index in [1.54, 1.807) is 7.05 Å². The fraction of sp³-hybridized carbons (Fsp3) is 0.529. The van der Waals surface area contributed by atoms with Gasteiger partial charge >= 0.3 is 6.03 Å². The number of halogens is 1. The van der Waals surface area contributed by atoms with Gasteiger partial charge in [-0.15, -0.1) is 24.0 Å². The van der Waals surface area contributed by atoms with E-state index in [0.717, 1.165) is 17.2 Å². The maximum Gasteiger partial charge on any atom is 0.319 e. The summed E-state index contributed by atoms with van der Waals surface area (Å²) in [6.07, 6.45) is 0. The van der Waals surface area contributed by atoms with Crippen LogP contribution in [0.5, 0.6) is 0 Å². The van der Waals surface area contributed by atoms with Crippen LogP contribution in [0.25, 0.3) is 0 Å². The quantitative estimate of drug-likeness (QED) is 0.207. The van der Waals surface area contributed by atoms with Gasteiger partial charge in [0.1, 0.15) is 0 Å². The second kappa shape index (κ2) is 13.7. The van der Waals surface area contributed by atoms with E-state index < -0.39 is 0 Å². The van der Waals surface area contributed by atoms with Crippen molar-refractivity contribution in [3.63, 3.8) is 0 Å². The van der Waals surface area contributed by atoms with E-state index in [1.807, 2.05) is 45.0 Å². The van der Waals surface area contributed by atoms with Crippen LogP contribution in [-0.4, -0.2) is 44.8 Å². The van der Waals surface area contributed by atoms with Gasteiger partial charge in [0.2, 0.25) is 0 Å². The molecule has 142 valence electrons. The number of rotatable bonds is 8. The average molecular weight is 463 g/mol. The lowest BCUT2D eigenvalue weighted by molar-refractivity contribution is 0.152. The molecule has 1 aromatic rings. The van der Waals surface area contributed by atoms with E-state index in [4.69, 9.17) is 4.74 Å². The van der Waals surface area contributed by atoms with E-state index in [-0.39, 0.29) is 36.0 Å². The van der Waals surface area contributed by atoms with Gasteiger partial charge in [-0.3, -0.25) is 4.99 Å². The third kappa shape index (κ3) is 10.8. The molecule has 0 atom stereocenters. The molecule has 25 heavy (non-hydrogen) atoms. The molecule has 0 radical (unpaired) electrons. The number of carbonyl (C=O) groups excluding carboxylic acids is 1. The van der Waals surface area contributed by atoms with Gasteiger partial charge in [-0.25, -0.2) is 4.79 Å². The molecule has 0 aliphatic rings. The van der Waals surface area contributed by atoms with Crippen LogP contribution in [0.2, 0.25) is 0 Å². The van der Waals surface area contributed by atoms with Crippen molar-refractivity contribution in [2.24, 2.45) is 4.99 Å². The summed E-state index contributed by atoms with van der Waals surface area (Å²) in [5.41, 5.74) is 1.86. The number of guanidine groups is 1. The lowest BCUT2D eigenvalue weighted by Gasteiger charge is -2.13. The normalized spacial score (nSPS) is 10.8. The van der Waals surface area contributed by atoms with Crippen LogP contribution in [0.3, 0.4) is 0 Å². The Hall–Kier alpha value is -1.55. The third-order valence-corrected chi connectivity index (χ3v) is 3.06. The van der Waals surface area contributed by atoms with Crippen LogP contribution in [0, 0.1) is 0 Å². The Morgan fingerprint density at radius 1 is 1.20 bits per heavy atom. The summed E-state index contributed by atoms with van der Waals surface area (Å²) < 4.78 is 5.28. The number of nitrogens with zero attached hydrogens (tertiary/aromatic N) is 1. The molecule has 0 heterocycles. The predicted molar refractivity (Wildman–Crippen MR) is 114 cm³/mol. The number of hydrogen-bond donors (Lipinski definition) is 4. The molecule has 4 N–H and O–H groups in total. The zero-order chi connectivity index (χ0) is 17.8. The highest BCUT2D eigenvalue weighted by molar-refractivity contribution is 14.0. The number of carbonyl (C=O) groups is 1. The van der Waals surface area contributed by atoms with Crippen molar-refractivity contribution in [1.82, 2.24) is 16.0 Å². The van der Waals surface area contributed by atoms with Gasteiger partial charge in [0.25, 0.3) is 0 Å². The first-order valence-corrected chi connectivity index (χ1v) is 8.23. The molecule has 1 aromatic carbocycles. The number of ether oxygens (including phenoxy) is 1. The van der Waals surface area contributed by atoms with Crippen molar-refractivity contribution < 1.29 is 9.53 Å². The second-order valence-electron chi connectivity index (χ2n) is 5.50. The van der Waals surface area contributed by atoms with E-state index in [1.165, 1.54) is 0 Å². The molecule has 0 spiro atoms. The molecule has 2 amide bonds. The number of hydrogen-bond acceptors (Lipinski definition) is 3. The van der Waals surface area contributed by atoms with E-state index in [0.29, 0.717) is 26.3 Å². The lowest BCUT2D eigenvalue weighted by Crippen LogP contribution is -2.38. The molecule has 7 nitrogen and oxygen atoms in total. The Balaban J connectivity index is 0.00000576. The topological polar surface area (TPSA) is 86.8 Å². The molecule has 0 saturated carbocycles. The van der Waals surface area contributed by atoms with Crippen LogP contribution >= 0.6 is 24.0 Å². The molecular weight excluding hydrogens is 433 g/mol. The Morgan fingerprint density at radius 2 is 1.88 bits per heavy atom. The predicted octanol–water partition coefficient (Wildman–Crippen LogP) is 2.54. The highest BCUT2D eigenvalue weighted by atomic mass is 127. The standard InChI is InChI=1S/C17H29N5O2.HI/c1-5-24-11-10-19-16(18-4)20-12-14-6-8-15(9-7-14)22-17(23)21-13(2)3;/h6-9,13H,5,10-12H2,1-4H3,(H2,18,19,20)(H2,21,22,23);1H. The van der Waals surface area contributed by atoms with Crippen molar-refractivity contribution in [2.45, 2.75) is 33.4 Å². The minimum atomic E-state index is -0.199. The smallest absolute Gasteiger partial charge is 0.319 e. The van der Waals surface area contributed by atoms with Crippen LogP contribution in [0.4, 0.5) is 10.5 Å². The van der Waals surface area contributed by atoms with Gasteiger partial charge in [-0.1, -0.05) is 12.1 Å². The minimum Gasteiger partial charge on any atom is -0.380 e. The molecule has 0 aliphatic heterocycles. The zero-order valence-electron chi connectivity index (χ0n) is 15.4. The van der Waals surface area contributed by atoms with Crippen LogP contribution in [-0.2, 0) is 11.3 Å². The van der Waals surface area contributed by atoms with Crippen LogP contribution in [0.1, 0.15) is 26.3 Å². The number of benzene rings is 1. The monoisotopic (exact) mass is 463 g/mol. The maximum absolute atomic E-state index is 11.6. The van der Waals surface area contributed by atoms with Gasteiger partial charge < -0.3 is 26.0 Å². The number of aliphatic imine (C=N–C) groups is 1. The molecule has 0 fully saturated rings. The van der Waals surface area contributed by atoms with Crippen molar-refractivity contribution in [2.75, 3.05) is 32.1 Å². The van der Waals surface area contributed by atoms with Crippen molar-refractivity contribution in [3.8, 4) is 0 Å². The largest absolute Gasteiger partial charge is 0.380 e. The SMILES string of the molecule is CCOCCNC(=NC)NCc1ccc(NC(=O)NC(C)C)cc1.I. The first kappa shape index (κ1) is 23.4. The zero-order valence-corrected chi connectivity index (χ0v) is 17.7. The van der Waals surface area contributed by atoms with Gasteiger partial charge in [-0.05, 0) is 38.5 Å². The fourth-order valence-corrected chi connectivity index (χ4v) is 1.93. The van der Waals surface area contributed by atoms with E-state index >= 15 is 0 Å². The summed E-state index contributed by atoms with van der Waals surface area (Å²) >= 11 is 0. The Morgan fingerprint density at radius 3 is 2.44 bits per heavy atom. The fourth-order valence-electron chi connectivity index (χ4n) is 1.93. The molecular formula is C17H30IN5O2. The van der Waals surface area contributed by atoms with E-state index in [9.17, 15) is 4.79 Å².